The molecule has 3 aromatic carbocycles. The smallest absolute Gasteiger partial charge is 0.326 e. The Morgan fingerprint density at radius 1 is 1.11 bits per heavy atom. The number of H-pyrrole nitrogens is 1. The first kappa shape index (κ1) is 24.9. The monoisotopic (exact) mass is 525 g/mol. The van der Waals surface area contributed by atoms with E-state index >= 15 is 0 Å². The van der Waals surface area contributed by atoms with Crippen LogP contribution in [0.1, 0.15) is 11.1 Å². The molecule has 1 amide bonds. The summed E-state index contributed by atoms with van der Waals surface area (Å²) < 4.78 is 1.67. The van der Waals surface area contributed by atoms with E-state index in [1.165, 1.54) is 6.08 Å². The first-order chi connectivity index (χ1) is 18.4. The standard InChI is InChI=1S/C29H24ClN5O3/c30-21-4-3-5-23(15-21)35-17-19(28(34-35)18-8-11-22(31)12-9-18)10-13-27(36)33-26(29(37)38)14-20-16-32-25-7-2-1-6-24(20)25/h1-13,15-17,26,32H,14,31H2,(H,33,36)(H,37,38)/t26-/m0/s1. The Hall–Kier alpha value is -4.82. The SMILES string of the molecule is Nc1ccc(-c2nn(-c3cccc(Cl)c3)cc2C=CC(=O)N[C@@H](Cc2c[nH]c3ccccc23)C(=O)O)cc1. The maximum absolute atomic E-state index is 12.8. The van der Waals surface area contributed by atoms with Crippen molar-refractivity contribution in [1.29, 1.82) is 0 Å². The minimum atomic E-state index is -1.12. The molecule has 9 heteroatoms. The number of rotatable bonds is 8. The topological polar surface area (TPSA) is 126 Å². The van der Waals surface area contributed by atoms with Crippen molar-refractivity contribution in [2.45, 2.75) is 12.5 Å². The summed E-state index contributed by atoms with van der Waals surface area (Å²) in [5.74, 6) is -1.65. The highest BCUT2D eigenvalue weighted by Gasteiger charge is 2.21. The number of anilines is 1. The van der Waals surface area contributed by atoms with Crippen LogP contribution in [0, 0.1) is 0 Å². The molecule has 38 heavy (non-hydrogen) atoms. The summed E-state index contributed by atoms with van der Waals surface area (Å²) in [5, 5.41) is 18.6. The normalized spacial score (nSPS) is 12.1. The molecule has 0 spiro atoms. The zero-order chi connectivity index (χ0) is 26.6. The minimum Gasteiger partial charge on any atom is -0.480 e. The number of nitrogens with zero attached hydrogens (tertiary/aromatic N) is 2. The van der Waals surface area contributed by atoms with Crippen molar-refractivity contribution in [3.8, 4) is 16.9 Å². The Morgan fingerprint density at radius 3 is 2.66 bits per heavy atom. The summed E-state index contributed by atoms with van der Waals surface area (Å²) in [6.07, 6.45) is 6.61. The number of hydrogen-bond donors (Lipinski definition) is 4. The van der Waals surface area contributed by atoms with Crippen LogP contribution in [0.3, 0.4) is 0 Å². The van der Waals surface area contributed by atoms with Gasteiger partial charge in [-0.3, -0.25) is 4.79 Å². The van der Waals surface area contributed by atoms with Gasteiger partial charge in [0, 0.05) is 57.6 Å². The molecule has 5 rings (SSSR count). The molecule has 190 valence electrons. The first-order valence-electron chi connectivity index (χ1n) is 11.9. The molecule has 0 bridgehead atoms. The number of hydrogen-bond acceptors (Lipinski definition) is 4. The Bertz CT molecular complexity index is 1650. The van der Waals surface area contributed by atoms with Crippen LogP contribution in [0.25, 0.3) is 33.9 Å². The van der Waals surface area contributed by atoms with E-state index in [2.05, 4.69) is 10.3 Å². The van der Waals surface area contributed by atoms with Crippen molar-refractivity contribution < 1.29 is 14.7 Å². The molecule has 2 aromatic heterocycles. The number of nitrogens with one attached hydrogen (secondary N) is 2. The van der Waals surface area contributed by atoms with Gasteiger partial charge in [-0.05, 0) is 48.0 Å². The second-order valence-corrected chi connectivity index (χ2v) is 9.21. The van der Waals surface area contributed by atoms with Gasteiger partial charge in [-0.1, -0.05) is 48.0 Å². The number of aliphatic carboxylic acids is 1. The lowest BCUT2D eigenvalue weighted by Gasteiger charge is -2.12. The average Bonchev–Trinajstić information content (AvgIpc) is 3.52. The highest BCUT2D eigenvalue weighted by atomic mass is 35.5. The van der Waals surface area contributed by atoms with E-state index in [9.17, 15) is 14.7 Å². The molecule has 0 aliphatic rings. The van der Waals surface area contributed by atoms with Gasteiger partial charge in [0.05, 0.1) is 11.4 Å². The third kappa shape index (κ3) is 5.45. The molecular formula is C29H24ClN5O3. The number of fused-ring (bicyclic) bond motifs is 1. The zero-order valence-corrected chi connectivity index (χ0v) is 20.9. The number of carbonyl (C=O) groups is 2. The van der Waals surface area contributed by atoms with Crippen molar-refractivity contribution in [3.05, 3.63) is 107 Å². The molecule has 0 aliphatic heterocycles. The first-order valence-corrected chi connectivity index (χ1v) is 12.2. The third-order valence-electron chi connectivity index (χ3n) is 6.13. The van der Waals surface area contributed by atoms with Crippen molar-refractivity contribution >= 4 is 46.1 Å². The highest BCUT2D eigenvalue weighted by Crippen LogP contribution is 2.26. The van der Waals surface area contributed by atoms with E-state index in [1.807, 2.05) is 48.5 Å². The Kier molecular flexibility index (Phi) is 6.97. The van der Waals surface area contributed by atoms with Gasteiger partial charge in [-0.15, -0.1) is 0 Å². The number of nitrogen functional groups attached to an aromatic ring is 1. The van der Waals surface area contributed by atoms with E-state index in [4.69, 9.17) is 22.4 Å². The summed E-state index contributed by atoms with van der Waals surface area (Å²) in [4.78, 5) is 27.9. The summed E-state index contributed by atoms with van der Waals surface area (Å²) in [7, 11) is 0. The van der Waals surface area contributed by atoms with Crippen LogP contribution in [0.5, 0.6) is 0 Å². The molecule has 8 nitrogen and oxygen atoms in total. The predicted octanol–water partition coefficient (Wildman–Crippen LogP) is 5.08. The quantitative estimate of drug-likeness (QED) is 0.166. The van der Waals surface area contributed by atoms with Crippen molar-refractivity contribution in [3.63, 3.8) is 0 Å². The summed E-state index contributed by atoms with van der Waals surface area (Å²) in [6.45, 7) is 0. The molecule has 0 radical (unpaired) electrons. The number of aromatic amines is 1. The minimum absolute atomic E-state index is 0.141. The van der Waals surface area contributed by atoms with Crippen molar-refractivity contribution in [2.75, 3.05) is 5.73 Å². The lowest BCUT2D eigenvalue weighted by Crippen LogP contribution is -2.41. The second-order valence-electron chi connectivity index (χ2n) is 8.78. The third-order valence-corrected chi connectivity index (χ3v) is 6.36. The fourth-order valence-electron chi connectivity index (χ4n) is 4.23. The molecule has 0 unspecified atom stereocenters. The second kappa shape index (κ2) is 10.7. The van der Waals surface area contributed by atoms with E-state index in [0.29, 0.717) is 22.0 Å². The summed E-state index contributed by atoms with van der Waals surface area (Å²) in [5.41, 5.74) is 11.0. The van der Waals surface area contributed by atoms with Crippen LogP contribution < -0.4 is 11.1 Å². The van der Waals surface area contributed by atoms with Gasteiger partial charge in [-0.25, -0.2) is 9.48 Å². The van der Waals surface area contributed by atoms with Gasteiger partial charge in [0.1, 0.15) is 6.04 Å². The fourth-order valence-corrected chi connectivity index (χ4v) is 4.42. The number of nitrogens with two attached hydrogens (primary N) is 1. The number of carboxylic acids is 1. The number of halogens is 1. The van der Waals surface area contributed by atoms with Gasteiger partial charge >= 0.3 is 5.97 Å². The van der Waals surface area contributed by atoms with Crippen LogP contribution in [-0.4, -0.2) is 37.8 Å². The van der Waals surface area contributed by atoms with Crippen LogP contribution in [0.4, 0.5) is 5.69 Å². The number of para-hydroxylation sites is 1. The van der Waals surface area contributed by atoms with E-state index in [0.717, 1.165) is 27.7 Å². The molecular weight excluding hydrogens is 502 g/mol. The van der Waals surface area contributed by atoms with Crippen LogP contribution in [0.2, 0.25) is 5.02 Å². The number of amides is 1. The number of aromatic nitrogens is 3. The van der Waals surface area contributed by atoms with E-state index < -0.39 is 17.9 Å². The Morgan fingerprint density at radius 2 is 1.89 bits per heavy atom. The Labute approximate surface area is 223 Å². The van der Waals surface area contributed by atoms with Crippen LogP contribution in [0.15, 0.2) is 91.3 Å². The predicted molar refractivity (Wildman–Crippen MR) is 149 cm³/mol. The van der Waals surface area contributed by atoms with Gasteiger partial charge in [-0.2, -0.15) is 5.10 Å². The van der Waals surface area contributed by atoms with Crippen LogP contribution in [-0.2, 0) is 16.0 Å². The molecule has 5 aromatic rings. The number of benzene rings is 3. The lowest BCUT2D eigenvalue weighted by molar-refractivity contribution is -0.141. The molecule has 0 saturated carbocycles. The van der Waals surface area contributed by atoms with Gasteiger partial charge in [0.25, 0.3) is 0 Å². The van der Waals surface area contributed by atoms with E-state index in [-0.39, 0.29) is 6.42 Å². The average molecular weight is 526 g/mol. The maximum atomic E-state index is 12.8. The molecule has 2 heterocycles. The number of carbonyl (C=O) groups excluding carboxylic acids is 1. The largest absolute Gasteiger partial charge is 0.480 e. The molecule has 0 aliphatic carbocycles. The maximum Gasteiger partial charge on any atom is 0.326 e. The summed E-state index contributed by atoms with van der Waals surface area (Å²) in [6, 6.07) is 21.0. The molecule has 1 atom stereocenters. The van der Waals surface area contributed by atoms with Gasteiger partial charge in [0.15, 0.2) is 0 Å². The molecule has 0 fully saturated rings. The Balaban J connectivity index is 1.40. The summed E-state index contributed by atoms with van der Waals surface area (Å²) >= 11 is 6.16. The van der Waals surface area contributed by atoms with Gasteiger partial charge < -0.3 is 21.1 Å². The zero-order valence-electron chi connectivity index (χ0n) is 20.1. The highest BCUT2D eigenvalue weighted by molar-refractivity contribution is 6.30. The lowest BCUT2D eigenvalue weighted by atomic mass is 10.0. The molecule has 5 N–H and O–H groups in total. The number of carboxylic acid groups (broad SMARTS) is 1. The van der Waals surface area contributed by atoms with Crippen molar-refractivity contribution in [2.24, 2.45) is 0 Å². The van der Waals surface area contributed by atoms with Crippen LogP contribution >= 0.6 is 11.6 Å². The van der Waals surface area contributed by atoms with Gasteiger partial charge in [0.2, 0.25) is 5.91 Å². The fraction of sp³-hybridized carbons (Fsp3) is 0.0690. The van der Waals surface area contributed by atoms with E-state index in [1.54, 1.807) is 47.4 Å². The van der Waals surface area contributed by atoms with Crippen molar-refractivity contribution in [1.82, 2.24) is 20.1 Å². The molecule has 0 saturated heterocycles.